The van der Waals surface area contributed by atoms with Crippen molar-refractivity contribution in [3.63, 3.8) is 0 Å². The molecule has 0 radical (unpaired) electrons. The minimum atomic E-state index is -9.74. The molecule has 4 aromatic rings. The topological polar surface area (TPSA) is 71.3 Å². The standard InChI is InChI=1S/C24H19F5N2O3S2/c25-36(26,27,28,29)18-7-1-15(2-8-18)13-31-12-9-20-21(31)19(14-35-20)22(32)30-24(10-11-24)17-5-3-16(4-6-17)23(33)34/h1-9,12,14H,10-11,13H2,(H,30,32)(H,33,34). The number of aromatic nitrogens is 1. The van der Waals surface area contributed by atoms with Crippen LogP contribution in [-0.4, -0.2) is 21.6 Å². The van der Waals surface area contributed by atoms with Gasteiger partial charge in [-0.25, -0.2) is 4.79 Å². The van der Waals surface area contributed by atoms with Crippen molar-refractivity contribution in [1.82, 2.24) is 9.88 Å². The summed E-state index contributed by atoms with van der Waals surface area (Å²) in [4.78, 5) is 22.4. The molecule has 0 aliphatic heterocycles. The molecule has 0 atom stereocenters. The quantitative estimate of drug-likeness (QED) is 0.237. The first-order valence-corrected chi connectivity index (χ1v) is 13.5. The summed E-state index contributed by atoms with van der Waals surface area (Å²) in [6.45, 7) is 0.0862. The summed E-state index contributed by atoms with van der Waals surface area (Å²) < 4.78 is 67.5. The van der Waals surface area contributed by atoms with Gasteiger partial charge in [-0.2, -0.15) is 0 Å². The van der Waals surface area contributed by atoms with E-state index in [4.69, 9.17) is 5.11 Å². The zero-order chi connectivity index (χ0) is 26.0. The Morgan fingerprint density at radius 3 is 2.17 bits per heavy atom. The fraction of sp³-hybridized carbons (Fsp3) is 0.167. The fourth-order valence-electron chi connectivity index (χ4n) is 4.18. The van der Waals surface area contributed by atoms with E-state index in [-0.39, 0.29) is 18.0 Å². The third kappa shape index (κ3) is 4.58. The van der Waals surface area contributed by atoms with E-state index < -0.39 is 26.6 Å². The van der Waals surface area contributed by atoms with Gasteiger partial charge in [0.15, 0.2) is 0 Å². The zero-order valence-corrected chi connectivity index (χ0v) is 20.0. The molecular weight excluding hydrogens is 523 g/mol. The first-order chi connectivity index (χ1) is 16.6. The Bertz CT molecular complexity index is 1510. The van der Waals surface area contributed by atoms with Gasteiger partial charge in [0.05, 0.1) is 26.9 Å². The second-order valence-corrected chi connectivity index (χ2v) is 12.2. The fourth-order valence-corrected chi connectivity index (χ4v) is 5.77. The van der Waals surface area contributed by atoms with E-state index >= 15 is 0 Å². The Hall–Kier alpha value is -3.38. The highest BCUT2D eigenvalue weighted by Crippen LogP contribution is 3.02. The van der Waals surface area contributed by atoms with E-state index in [9.17, 15) is 29.0 Å². The number of amides is 1. The molecule has 190 valence electrons. The van der Waals surface area contributed by atoms with Gasteiger partial charge in [0, 0.05) is 18.1 Å². The van der Waals surface area contributed by atoms with Gasteiger partial charge in [-0.05, 0) is 54.3 Å². The van der Waals surface area contributed by atoms with Gasteiger partial charge in [-0.1, -0.05) is 43.7 Å². The van der Waals surface area contributed by atoms with Crippen LogP contribution in [0.4, 0.5) is 19.4 Å². The van der Waals surface area contributed by atoms with Gasteiger partial charge in [0.25, 0.3) is 5.91 Å². The lowest BCUT2D eigenvalue weighted by atomic mass is 10.0. The monoisotopic (exact) mass is 542 g/mol. The van der Waals surface area contributed by atoms with Crippen LogP contribution in [0.5, 0.6) is 0 Å². The minimum absolute atomic E-state index is 0.0862. The molecule has 0 bridgehead atoms. The highest BCUT2D eigenvalue weighted by atomic mass is 32.5. The zero-order valence-electron chi connectivity index (χ0n) is 18.4. The van der Waals surface area contributed by atoms with E-state index in [0.29, 0.717) is 41.6 Å². The molecule has 2 aromatic heterocycles. The average Bonchev–Trinajstić information content (AvgIpc) is 3.27. The molecule has 2 heterocycles. The van der Waals surface area contributed by atoms with Gasteiger partial charge >= 0.3 is 16.2 Å². The smallest absolute Gasteiger partial charge is 0.335 e. The van der Waals surface area contributed by atoms with Crippen molar-refractivity contribution >= 4 is 43.7 Å². The first kappa shape index (κ1) is 24.3. The number of aromatic carboxylic acids is 1. The Kier molecular flexibility index (Phi) is 4.95. The Morgan fingerprint density at radius 2 is 1.61 bits per heavy atom. The Labute approximate surface area is 205 Å². The second-order valence-electron chi connectivity index (χ2n) is 8.84. The first-order valence-electron chi connectivity index (χ1n) is 10.7. The van der Waals surface area contributed by atoms with Crippen molar-refractivity contribution in [1.29, 1.82) is 0 Å². The lowest BCUT2D eigenvalue weighted by molar-refractivity contribution is 0.0696. The SMILES string of the molecule is O=C(O)c1ccc(C2(NC(=O)c3csc4ccn(Cc5ccc(S(F)(F)(F)(F)F)cc5)c34)CC2)cc1. The number of carbonyl (C=O) groups excluding carboxylic acids is 1. The number of fused-ring (bicyclic) bond motifs is 1. The van der Waals surface area contributed by atoms with Gasteiger partial charge in [-0.15, -0.1) is 11.3 Å². The minimum Gasteiger partial charge on any atom is -0.478 e. The number of benzene rings is 2. The summed E-state index contributed by atoms with van der Waals surface area (Å²) in [7, 11) is -9.74. The molecule has 1 amide bonds. The molecule has 5 nitrogen and oxygen atoms in total. The highest BCUT2D eigenvalue weighted by molar-refractivity contribution is 8.45. The van der Waals surface area contributed by atoms with Gasteiger partial charge in [0.1, 0.15) is 4.90 Å². The summed E-state index contributed by atoms with van der Waals surface area (Å²) in [5.41, 5.74) is 1.69. The largest absolute Gasteiger partial charge is 0.478 e. The summed E-state index contributed by atoms with van der Waals surface area (Å²) in [5.74, 6) is -1.38. The van der Waals surface area contributed by atoms with Crippen LogP contribution in [0.1, 0.15) is 44.7 Å². The highest BCUT2D eigenvalue weighted by Gasteiger charge is 2.65. The van der Waals surface area contributed by atoms with Crippen LogP contribution >= 0.6 is 21.6 Å². The molecule has 2 N–H and O–H groups in total. The third-order valence-electron chi connectivity index (χ3n) is 6.24. The number of nitrogens with one attached hydrogen (secondary N) is 1. The number of carboxylic acid groups (broad SMARTS) is 1. The van der Waals surface area contributed by atoms with Crippen LogP contribution < -0.4 is 5.32 Å². The molecule has 1 aliphatic carbocycles. The maximum atomic E-state index is 13.2. The van der Waals surface area contributed by atoms with Crippen LogP contribution in [0, 0.1) is 0 Å². The molecule has 1 fully saturated rings. The van der Waals surface area contributed by atoms with Crippen LogP contribution in [0.15, 0.2) is 71.1 Å². The number of carboxylic acids is 1. The van der Waals surface area contributed by atoms with E-state index in [2.05, 4.69) is 5.32 Å². The summed E-state index contributed by atoms with van der Waals surface area (Å²) in [6.07, 6.45) is 3.07. The van der Waals surface area contributed by atoms with E-state index in [1.807, 2.05) is 0 Å². The van der Waals surface area contributed by atoms with Crippen molar-refractivity contribution in [2.24, 2.45) is 0 Å². The summed E-state index contributed by atoms with van der Waals surface area (Å²) in [5, 5.41) is 13.8. The van der Waals surface area contributed by atoms with E-state index in [1.165, 1.54) is 23.5 Å². The molecule has 1 saturated carbocycles. The number of nitrogens with zero attached hydrogens (tertiary/aromatic N) is 1. The number of hydrogen-bond acceptors (Lipinski definition) is 3. The maximum absolute atomic E-state index is 13.2. The van der Waals surface area contributed by atoms with Crippen LogP contribution in [-0.2, 0) is 12.1 Å². The lowest BCUT2D eigenvalue weighted by Gasteiger charge is -2.40. The summed E-state index contributed by atoms with van der Waals surface area (Å²) in [6, 6.07) is 10.9. The maximum Gasteiger partial charge on any atom is 0.335 e. The van der Waals surface area contributed by atoms with Crippen LogP contribution in [0.25, 0.3) is 10.2 Å². The third-order valence-corrected chi connectivity index (χ3v) is 8.34. The number of carbonyl (C=O) groups is 2. The Morgan fingerprint density at radius 1 is 0.972 bits per heavy atom. The van der Waals surface area contributed by atoms with Crippen molar-refractivity contribution in [3.8, 4) is 0 Å². The second kappa shape index (κ2) is 7.32. The molecule has 0 unspecified atom stereocenters. The lowest BCUT2D eigenvalue weighted by Crippen LogP contribution is -2.34. The van der Waals surface area contributed by atoms with Crippen molar-refractivity contribution < 1.29 is 34.1 Å². The predicted octanol–water partition coefficient (Wildman–Crippen LogP) is 7.53. The Balaban J connectivity index is 1.38. The molecule has 5 rings (SSSR count). The van der Waals surface area contributed by atoms with Gasteiger partial charge in [0.2, 0.25) is 0 Å². The molecule has 0 spiro atoms. The average molecular weight is 543 g/mol. The number of rotatable bonds is 7. The normalized spacial score (nSPS) is 16.8. The van der Waals surface area contributed by atoms with Gasteiger partial charge in [-0.3, -0.25) is 4.79 Å². The number of halogens is 5. The molecule has 1 aliphatic rings. The summed E-state index contributed by atoms with van der Waals surface area (Å²) >= 11 is 1.34. The number of hydrogen-bond donors (Lipinski definition) is 2. The van der Waals surface area contributed by atoms with Crippen LogP contribution in [0.3, 0.4) is 0 Å². The van der Waals surface area contributed by atoms with Gasteiger partial charge < -0.3 is 15.0 Å². The van der Waals surface area contributed by atoms with Crippen molar-refractivity contribution in [3.05, 3.63) is 88.4 Å². The molecular formula is C24H19F5N2O3S2. The molecule has 0 saturated heterocycles. The molecule has 36 heavy (non-hydrogen) atoms. The molecule has 12 heteroatoms. The van der Waals surface area contributed by atoms with Crippen LogP contribution in [0.2, 0.25) is 0 Å². The molecule has 2 aromatic carbocycles. The van der Waals surface area contributed by atoms with Crippen molar-refractivity contribution in [2.75, 3.05) is 0 Å². The van der Waals surface area contributed by atoms with E-state index in [0.717, 1.165) is 22.4 Å². The number of thiophene rings is 1. The van der Waals surface area contributed by atoms with E-state index in [1.54, 1.807) is 34.3 Å². The van der Waals surface area contributed by atoms with Crippen molar-refractivity contribution in [2.45, 2.75) is 29.8 Å². The predicted molar refractivity (Wildman–Crippen MR) is 129 cm³/mol.